The summed E-state index contributed by atoms with van der Waals surface area (Å²) in [5.41, 5.74) is 10.3. The van der Waals surface area contributed by atoms with Crippen LogP contribution in [0.4, 0.5) is 0 Å². The molecular weight excluding hydrogens is 462 g/mol. The molecule has 0 aliphatic heterocycles. The number of H-pyrrole nitrogens is 1. The van der Waals surface area contributed by atoms with E-state index in [2.05, 4.69) is 80.5 Å². The predicted molar refractivity (Wildman–Crippen MR) is 142 cm³/mol. The SMILES string of the molecule is CCc1nc2c(C)cc(C)nc2n1Cc1ccc(-c2cc(-n3cc(C)cn3)ccc2-c2nn[nH]n2)cc1. The summed E-state index contributed by atoms with van der Waals surface area (Å²) in [5, 5.41) is 19.2. The summed E-state index contributed by atoms with van der Waals surface area (Å²) >= 11 is 0. The zero-order chi connectivity index (χ0) is 25.5. The molecular formula is C28H27N9. The van der Waals surface area contributed by atoms with Gasteiger partial charge in [-0.3, -0.25) is 0 Å². The van der Waals surface area contributed by atoms with Gasteiger partial charge in [0, 0.05) is 23.9 Å². The Morgan fingerprint density at radius 1 is 0.919 bits per heavy atom. The van der Waals surface area contributed by atoms with E-state index in [9.17, 15) is 0 Å². The molecule has 184 valence electrons. The highest BCUT2D eigenvalue weighted by Crippen LogP contribution is 2.32. The van der Waals surface area contributed by atoms with E-state index in [4.69, 9.17) is 9.97 Å². The fourth-order valence-electron chi connectivity index (χ4n) is 4.80. The molecule has 0 aliphatic rings. The molecule has 0 saturated heterocycles. The van der Waals surface area contributed by atoms with E-state index in [0.29, 0.717) is 12.4 Å². The Balaban J connectivity index is 1.39. The molecule has 2 aromatic carbocycles. The predicted octanol–water partition coefficient (Wildman–Crippen LogP) is 5.00. The fourth-order valence-corrected chi connectivity index (χ4v) is 4.80. The van der Waals surface area contributed by atoms with Crippen molar-refractivity contribution in [1.29, 1.82) is 0 Å². The Labute approximate surface area is 214 Å². The summed E-state index contributed by atoms with van der Waals surface area (Å²) in [7, 11) is 0. The van der Waals surface area contributed by atoms with Gasteiger partial charge in [-0.15, -0.1) is 10.2 Å². The van der Waals surface area contributed by atoms with Crippen molar-refractivity contribution in [2.45, 2.75) is 40.7 Å². The number of aromatic amines is 1. The molecule has 4 heterocycles. The van der Waals surface area contributed by atoms with Crippen molar-refractivity contribution in [3.8, 4) is 28.2 Å². The van der Waals surface area contributed by atoms with Crippen LogP contribution >= 0.6 is 0 Å². The van der Waals surface area contributed by atoms with Crippen molar-refractivity contribution in [2.24, 2.45) is 0 Å². The van der Waals surface area contributed by atoms with Crippen LogP contribution in [0.1, 0.15) is 35.1 Å². The van der Waals surface area contributed by atoms with Gasteiger partial charge in [-0.1, -0.05) is 31.2 Å². The second-order valence-corrected chi connectivity index (χ2v) is 9.34. The quantitative estimate of drug-likeness (QED) is 0.353. The van der Waals surface area contributed by atoms with Crippen molar-refractivity contribution in [2.75, 3.05) is 0 Å². The summed E-state index contributed by atoms with van der Waals surface area (Å²) in [4.78, 5) is 9.70. The lowest BCUT2D eigenvalue weighted by molar-refractivity contribution is 0.745. The van der Waals surface area contributed by atoms with Crippen LogP contribution in [0.25, 0.3) is 39.4 Å². The number of benzene rings is 2. The van der Waals surface area contributed by atoms with Crippen LogP contribution in [0, 0.1) is 20.8 Å². The first-order valence-electron chi connectivity index (χ1n) is 12.3. The molecule has 9 nitrogen and oxygen atoms in total. The molecule has 0 radical (unpaired) electrons. The van der Waals surface area contributed by atoms with Crippen LogP contribution in [-0.2, 0) is 13.0 Å². The van der Waals surface area contributed by atoms with Gasteiger partial charge in [0.2, 0.25) is 5.82 Å². The second-order valence-electron chi connectivity index (χ2n) is 9.34. The number of pyridine rings is 1. The molecule has 0 unspecified atom stereocenters. The van der Waals surface area contributed by atoms with Crippen molar-refractivity contribution in [3.63, 3.8) is 0 Å². The third kappa shape index (κ3) is 4.18. The van der Waals surface area contributed by atoms with Crippen molar-refractivity contribution >= 4 is 11.2 Å². The number of fused-ring (bicyclic) bond motifs is 1. The van der Waals surface area contributed by atoms with Crippen molar-refractivity contribution < 1.29 is 0 Å². The Morgan fingerprint density at radius 2 is 1.76 bits per heavy atom. The van der Waals surface area contributed by atoms with Crippen LogP contribution in [0.2, 0.25) is 0 Å². The van der Waals surface area contributed by atoms with Crippen LogP contribution in [0.15, 0.2) is 60.9 Å². The molecule has 0 saturated carbocycles. The van der Waals surface area contributed by atoms with E-state index in [1.807, 2.05) is 43.1 Å². The first-order valence-corrected chi connectivity index (χ1v) is 12.3. The number of nitrogens with zero attached hydrogens (tertiary/aromatic N) is 8. The second kappa shape index (κ2) is 9.09. The van der Waals surface area contributed by atoms with Crippen LogP contribution < -0.4 is 0 Å². The maximum Gasteiger partial charge on any atom is 0.205 e. The van der Waals surface area contributed by atoms with Gasteiger partial charge in [0.25, 0.3) is 0 Å². The molecule has 1 N–H and O–H groups in total. The first-order chi connectivity index (χ1) is 18.0. The highest BCUT2D eigenvalue weighted by atomic mass is 15.5. The number of rotatable bonds is 6. The lowest BCUT2D eigenvalue weighted by Crippen LogP contribution is -2.05. The molecule has 6 rings (SSSR count). The third-order valence-electron chi connectivity index (χ3n) is 6.59. The standard InChI is InChI=1S/C28H27N9/c1-5-25-31-26-18(3)12-19(4)30-28(26)36(25)16-20-6-8-21(9-7-20)24-13-22(37-15-17(2)14-29-37)10-11-23(24)27-32-34-35-33-27/h6-15H,5,16H2,1-4H3,(H,32,33,34,35). The summed E-state index contributed by atoms with van der Waals surface area (Å²) in [6.45, 7) is 9.01. The Bertz CT molecular complexity index is 1710. The van der Waals surface area contributed by atoms with Crippen LogP contribution in [-0.4, -0.2) is 44.9 Å². The van der Waals surface area contributed by atoms with E-state index in [1.165, 1.54) is 5.56 Å². The van der Waals surface area contributed by atoms with Gasteiger partial charge >= 0.3 is 0 Å². The average Bonchev–Trinajstić information content (AvgIpc) is 3.65. The average molecular weight is 490 g/mol. The van der Waals surface area contributed by atoms with Gasteiger partial charge in [-0.05, 0) is 78.1 Å². The van der Waals surface area contributed by atoms with E-state index >= 15 is 0 Å². The van der Waals surface area contributed by atoms with Gasteiger partial charge in [-0.2, -0.15) is 10.3 Å². The minimum atomic E-state index is 0.552. The van der Waals surface area contributed by atoms with Crippen LogP contribution in [0.3, 0.4) is 0 Å². The topological polar surface area (TPSA) is 103 Å². The largest absolute Gasteiger partial charge is 0.308 e. The molecule has 0 fully saturated rings. The molecule has 0 aliphatic carbocycles. The number of nitrogens with one attached hydrogen (secondary N) is 1. The van der Waals surface area contributed by atoms with E-state index < -0.39 is 0 Å². The van der Waals surface area contributed by atoms with E-state index in [1.54, 1.807) is 0 Å². The third-order valence-corrected chi connectivity index (χ3v) is 6.59. The summed E-state index contributed by atoms with van der Waals surface area (Å²) < 4.78 is 4.11. The molecule has 6 aromatic rings. The fraction of sp³-hybridized carbons (Fsp3) is 0.214. The van der Waals surface area contributed by atoms with Gasteiger partial charge < -0.3 is 4.57 Å². The maximum atomic E-state index is 4.88. The highest BCUT2D eigenvalue weighted by molar-refractivity contribution is 5.82. The van der Waals surface area contributed by atoms with Gasteiger partial charge in [-0.25, -0.2) is 14.6 Å². The Hall–Kier alpha value is -4.66. The van der Waals surface area contributed by atoms with Gasteiger partial charge in [0.05, 0.1) is 18.4 Å². The zero-order valence-corrected chi connectivity index (χ0v) is 21.3. The lowest BCUT2D eigenvalue weighted by Gasteiger charge is -2.12. The smallest absolute Gasteiger partial charge is 0.205 e. The lowest BCUT2D eigenvalue weighted by atomic mass is 9.97. The molecule has 0 atom stereocenters. The highest BCUT2D eigenvalue weighted by Gasteiger charge is 2.16. The van der Waals surface area contributed by atoms with Gasteiger partial charge in [0.15, 0.2) is 5.65 Å². The Morgan fingerprint density at radius 3 is 2.46 bits per heavy atom. The number of hydrogen-bond acceptors (Lipinski definition) is 6. The van der Waals surface area contributed by atoms with E-state index in [0.717, 1.165) is 62.6 Å². The maximum absolute atomic E-state index is 4.88. The number of imidazole rings is 1. The molecule has 0 bridgehead atoms. The normalized spacial score (nSPS) is 11.5. The minimum absolute atomic E-state index is 0.552. The summed E-state index contributed by atoms with van der Waals surface area (Å²) in [5.74, 6) is 1.60. The minimum Gasteiger partial charge on any atom is -0.308 e. The molecule has 4 aromatic heterocycles. The number of aryl methyl sites for hydroxylation is 4. The van der Waals surface area contributed by atoms with Crippen molar-refractivity contribution in [3.05, 3.63) is 89.1 Å². The summed E-state index contributed by atoms with van der Waals surface area (Å²) in [6, 6.07) is 16.8. The molecule has 9 heteroatoms. The van der Waals surface area contributed by atoms with Gasteiger partial charge in [0.1, 0.15) is 11.3 Å². The molecule has 37 heavy (non-hydrogen) atoms. The number of aromatic nitrogens is 9. The molecule has 0 spiro atoms. The monoisotopic (exact) mass is 489 g/mol. The zero-order valence-electron chi connectivity index (χ0n) is 21.3. The first kappa shape index (κ1) is 22.8. The van der Waals surface area contributed by atoms with Crippen LogP contribution in [0.5, 0.6) is 0 Å². The van der Waals surface area contributed by atoms with Crippen molar-refractivity contribution in [1.82, 2.24) is 44.9 Å². The summed E-state index contributed by atoms with van der Waals surface area (Å²) in [6.07, 6.45) is 4.71. The molecule has 0 amide bonds. The number of hydrogen-bond donors (Lipinski definition) is 1. The number of tetrazole rings is 1. The Kier molecular flexibility index (Phi) is 5.60. The van der Waals surface area contributed by atoms with E-state index in [-0.39, 0.29) is 0 Å².